The average molecular weight is 186 g/mol. The van der Waals surface area contributed by atoms with Crippen LogP contribution in [0.4, 0.5) is 0 Å². The van der Waals surface area contributed by atoms with E-state index in [0.717, 1.165) is 5.11 Å². The normalized spacial score (nSPS) is 29.4. The molecular formula is C9H18N2S. The minimum Gasteiger partial charge on any atom is -0.349 e. The second-order valence-electron chi connectivity index (χ2n) is 4.32. The fourth-order valence-electron chi connectivity index (χ4n) is 1.68. The molecule has 1 unspecified atom stereocenters. The third-order valence-electron chi connectivity index (χ3n) is 2.95. The van der Waals surface area contributed by atoms with E-state index in [1.807, 2.05) is 0 Å². The van der Waals surface area contributed by atoms with Crippen LogP contribution in [0.5, 0.6) is 0 Å². The maximum atomic E-state index is 5.33. The summed E-state index contributed by atoms with van der Waals surface area (Å²) in [4.78, 5) is 4.35. The predicted molar refractivity (Wildman–Crippen MR) is 56.3 cm³/mol. The molecule has 0 aromatic carbocycles. The van der Waals surface area contributed by atoms with Gasteiger partial charge in [-0.25, -0.2) is 0 Å². The lowest BCUT2D eigenvalue weighted by atomic mass is 9.92. The monoisotopic (exact) mass is 186 g/mol. The standard InChI is InChI=1S/C9H18N2S/c1-7-6-9(2,3)11(5)8(12)10(7)4/h7H,6H2,1-5H3. The Morgan fingerprint density at radius 2 is 1.92 bits per heavy atom. The Balaban J connectivity index is 2.85. The van der Waals surface area contributed by atoms with Crippen LogP contribution >= 0.6 is 12.2 Å². The maximum Gasteiger partial charge on any atom is 0.171 e. The molecule has 2 nitrogen and oxygen atoms in total. The first-order valence-electron chi connectivity index (χ1n) is 4.37. The molecule has 0 radical (unpaired) electrons. The summed E-state index contributed by atoms with van der Waals surface area (Å²) in [5, 5.41) is 0.957. The van der Waals surface area contributed by atoms with E-state index in [1.165, 1.54) is 6.42 Å². The minimum atomic E-state index is 0.211. The smallest absolute Gasteiger partial charge is 0.171 e. The van der Waals surface area contributed by atoms with Crippen molar-refractivity contribution in [1.29, 1.82) is 0 Å². The lowest BCUT2D eigenvalue weighted by molar-refractivity contribution is 0.129. The van der Waals surface area contributed by atoms with Crippen molar-refractivity contribution >= 4 is 17.3 Å². The zero-order chi connectivity index (χ0) is 9.52. The van der Waals surface area contributed by atoms with Crippen molar-refractivity contribution < 1.29 is 0 Å². The highest BCUT2D eigenvalue weighted by molar-refractivity contribution is 7.80. The van der Waals surface area contributed by atoms with Crippen LogP contribution in [0.2, 0.25) is 0 Å². The highest BCUT2D eigenvalue weighted by Gasteiger charge is 2.35. The predicted octanol–water partition coefficient (Wildman–Crippen LogP) is 1.71. The first kappa shape index (κ1) is 9.78. The summed E-state index contributed by atoms with van der Waals surface area (Å²) in [5.74, 6) is 0. The van der Waals surface area contributed by atoms with Crippen molar-refractivity contribution in [2.75, 3.05) is 14.1 Å². The molecule has 70 valence electrons. The number of nitrogens with zero attached hydrogens (tertiary/aromatic N) is 2. The van der Waals surface area contributed by atoms with E-state index < -0.39 is 0 Å². The van der Waals surface area contributed by atoms with Gasteiger partial charge in [0.25, 0.3) is 0 Å². The highest BCUT2D eigenvalue weighted by atomic mass is 32.1. The fraction of sp³-hybridized carbons (Fsp3) is 0.889. The first-order chi connectivity index (χ1) is 5.36. The van der Waals surface area contributed by atoms with E-state index in [9.17, 15) is 0 Å². The Bertz CT molecular complexity index is 201. The Labute approximate surface area is 80.5 Å². The van der Waals surface area contributed by atoms with Crippen molar-refractivity contribution in [1.82, 2.24) is 9.80 Å². The van der Waals surface area contributed by atoms with Crippen molar-refractivity contribution in [2.45, 2.75) is 38.8 Å². The van der Waals surface area contributed by atoms with E-state index in [4.69, 9.17) is 12.2 Å². The zero-order valence-corrected chi connectivity index (χ0v) is 9.40. The van der Waals surface area contributed by atoms with Crippen LogP contribution in [-0.2, 0) is 0 Å². The van der Waals surface area contributed by atoms with Gasteiger partial charge in [0.1, 0.15) is 0 Å². The molecular weight excluding hydrogens is 168 g/mol. The summed E-state index contributed by atoms with van der Waals surface area (Å²) < 4.78 is 0. The van der Waals surface area contributed by atoms with Crippen molar-refractivity contribution in [3.05, 3.63) is 0 Å². The van der Waals surface area contributed by atoms with Crippen LogP contribution in [0.15, 0.2) is 0 Å². The molecule has 0 bridgehead atoms. The topological polar surface area (TPSA) is 6.48 Å². The quantitative estimate of drug-likeness (QED) is 0.532. The molecule has 1 aliphatic heterocycles. The van der Waals surface area contributed by atoms with E-state index in [2.05, 4.69) is 44.7 Å². The number of rotatable bonds is 0. The zero-order valence-electron chi connectivity index (χ0n) is 8.59. The molecule has 0 saturated carbocycles. The maximum absolute atomic E-state index is 5.33. The van der Waals surface area contributed by atoms with Crippen LogP contribution in [0.3, 0.4) is 0 Å². The summed E-state index contributed by atoms with van der Waals surface area (Å²) in [6, 6.07) is 0.559. The average Bonchev–Trinajstić information content (AvgIpc) is 1.97. The van der Waals surface area contributed by atoms with Crippen molar-refractivity contribution in [2.24, 2.45) is 0 Å². The van der Waals surface area contributed by atoms with Gasteiger partial charge in [-0.1, -0.05) is 0 Å². The minimum absolute atomic E-state index is 0.211. The van der Waals surface area contributed by atoms with E-state index in [0.29, 0.717) is 6.04 Å². The summed E-state index contributed by atoms with van der Waals surface area (Å²) in [7, 11) is 4.14. The van der Waals surface area contributed by atoms with Crippen molar-refractivity contribution in [3.63, 3.8) is 0 Å². The summed E-state index contributed by atoms with van der Waals surface area (Å²) >= 11 is 5.33. The van der Waals surface area contributed by atoms with Gasteiger partial charge in [0.05, 0.1) is 0 Å². The lowest BCUT2D eigenvalue weighted by Gasteiger charge is -2.49. The van der Waals surface area contributed by atoms with E-state index in [1.54, 1.807) is 0 Å². The molecule has 1 heterocycles. The first-order valence-corrected chi connectivity index (χ1v) is 4.77. The Morgan fingerprint density at radius 3 is 2.42 bits per heavy atom. The summed E-state index contributed by atoms with van der Waals surface area (Å²) in [5.41, 5.74) is 0.211. The van der Waals surface area contributed by atoms with Gasteiger partial charge in [-0.05, 0) is 39.4 Å². The van der Waals surface area contributed by atoms with Gasteiger partial charge in [-0.15, -0.1) is 0 Å². The SMILES string of the molecule is CC1CC(C)(C)N(C)C(=S)N1C. The van der Waals surface area contributed by atoms with Gasteiger partial charge in [-0.2, -0.15) is 0 Å². The molecule has 0 amide bonds. The molecule has 1 fully saturated rings. The Hall–Kier alpha value is -0.310. The van der Waals surface area contributed by atoms with Gasteiger partial charge in [0.15, 0.2) is 5.11 Å². The van der Waals surface area contributed by atoms with Crippen LogP contribution < -0.4 is 0 Å². The molecule has 0 aromatic rings. The molecule has 1 aliphatic rings. The molecule has 0 spiro atoms. The molecule has 0 aliphatic carbocycles. The van der Waals surface area contributed by atoms with E-state index in [-0.39, 0.29) is 5.54 Å². The summed E-state index contributed by atoms with van der Waals surface area (Å²) in [6.07, 6.45) is 1.17. The third-order valence-corrected chi connectivity index (χ3v) is 3.51. The van der Waals surface area contributed by atoms with Crippen LogP contribution in [-0.4, -0.2) is 40.6 Å². The second-order valence-corrected chi connectivity index (χ2v) is 4.68. The largest absolute Gasteiger partial charge is 0.349 e. The molecule has 0 aromatic heterocycles. The van der Waals surface area contributed by atoms with Crippen LogP contribution in [0.25, 0.3) is 0 Å². The molecule has 12 heavy (non-hydrogen) atoms. The number of hydrogen-bond donors (Lipinski definition) is 0. The number of thiocarbonyl (C=S) groups is 1. The molecule has 3 heteroatoms. The van der Waals surface area contributed by atoms with E-state index >= 15 is 0 Å². The van der Waals surface area contributed by atoms with Crippen molar-refractivity contribution in [3.8, 4) is 0 Å². The molecule has 0 N–H and O–H groups in total. The molecule has 1 rings (SSSR count). The fourth-order valence-corrected chi connectivity index (χ4v) is 2.11. The van der Waals surface area contributed by atoms with Gasteiger partial charge >= 0.3 is 0 Å². The van der Waals surface area contributed by atoms with Gasteiger partial charge in [0, 0.05) is 25.7 Å². The van der Waals surface area contributed by atoms with Gasteiger partial charge < -0.3 is 9.80 Å². The van der Waals surface area contributed by atoms with Gasteiger partial charge in [0.2, 0.25) is 0 Å². The Morgan fingerprint density at radius 1 is 1.42 bits per heavy atom. The second kappa shape index (κ2) is 2.87. The Kier molecular flexibility index (Phi) is 2.34. The van der Waals surface area contributed by atoms with Crippen LogP contribution in [0.1, 0.15) is 27.2 Å². The molecule has 1 atom stereocenters. The third kappa shape index (κ3) is 1.42. The van der Waals surface area contributed by atoms with Crippen LogP contribution in [0, 0.1) is 0 Å². The number of hydrogen-bond acceptors (Lipinski definition) is 1. The highest BCUT2D eigenvalue weighted by Crippen LogP contribution is 2.27. The van der Waals surface area contributed by atoms with Gasteiger partial charge in [-0.3, -0.25) is 0 Å². The lowest BCUT2D eigenvalue weighted by Crippen LogP contribution is -2.59. The molecule has 1 saturated heterocycles. The summed E-state index contributed by atoms with van der Waals surface area (Å²) in [6.45, 7) is 6.70.